The van der Waals surface area contributed by atoms with Crippen molar-refractivity contribution >= 4 is 68.0 Å². The number of hydrogen-bond acceptors (Lipinski definition) is 3. The van der Waals surface area contributed by atoms with E-state index in [1.54, 1.807) is 9.79 Å². The molecule has 0 aromatic heterocycles. The summed E-state index contributed by atoms with van der Waals surface area (Å²) in [6.45, 7) is 11.3. The van der Waals surface area contributed by atoms with Gasteiger partial charge in [0.1, 0.15) is 0 Å². The molecule has 3 heterocycles. The predicted molar refractivity (Wildman–Crippen MR) is 243 cm³/mol. The number of fused-ring (bicyclic) bond motifs is 7. The van der Waals surface area contributed by atoms with Gasteiger partial charge >= 0.3 is 0 Å². The van der Waals surface area contributed by atoms with Crippen LogP contribution >= 0.6 is 21.8 Å². The van der Waals surface area contributed by atoms with Crippen LogP contribution in [0.1, 0.15) is 55.9 Å². The van der Waals surface area contributed by atoms with Crippen molar-refractivity contribution in [3.8, 4) is 0 Å². The van der Waals surface area contributed by atoms with Gasteiger partial charge in [-0.1, -0.05) is 123 Å². The SMILES string of the molecule is C=C/C(=C\C1=C(C)c2ccc(/C=C/c3ccc(N4c5ccccc5S5(CCCC5)c5ccccc54)cc3)cc2C1(C)C)N1c2ccccc2Sc2ccccc21. The van der Waals surface area contributed by atoms with Gasteiger partial charge in [0.2, 0.25) is 0 Å². The van der Waals surface area contributed by atoms with E-state index in [-0.39, 0.29) is 5.41 Å². The van der Waals surface area contributed by atoms with Crippen LogP contribution in [0.5, 0.6) is 0 Å². The van der Waals surface area contributed by atoms with Gasteiger partial charge in [0.25, 0.3) is 0 Å². The van der Waals surface area contributed by atoms with Gasteiger partial charge in [-0.2, -0.15) is 10.0 Å². The topological polar surface area (TPSA) is 6.48 Å². The van der Waals surface area contributed by atoms with Crippen molar-refractivity contribution in [3.63, 3.8) is 0 Å². The van der Waals surface area contributed by atoms with E-state index in [9.17, 15) is 0 Å². The molecule has 2 nitrogen and oxygen atoms in total. The highest BCUT2D eigenvalue weighted by molar-refractivity contribution is 8.34. The molecule has 0 atom stereocenters. The Morgan fingerprint density at radius 1 is 0.661 bits per heavy atom. The molecule has 4 heteroatoms. The molecule has 0 saturated carbocycles. The van der Waals surface area contributed by atoms with Gasteiger partial charge in [-0.15, -0.1) is 0 Å². The number of benzene rings is 6. The van der Waals surface area contributed by atoms with E-state index in [1.165, 1.54) is 96.0 Å². The Kier molecular flexibility index (Phi) is 8.54. The molecule has 0 unspecified atom stereocenters. The molecule has 0 bridgehead atoms. The molecule has 4 aliphatic rings. The van der Waals surface area contributed by atoms with E-state index in [0.717, 1.165) is 5.70 Å². The summed E-state index contributed by atoms with van der Waals surface area (Å²) in [4.78, 5) is 10.5. The summed E-state index contributed by atoms with van der Waals surface area (Å²) in [6, 6.07) is 51.8. The van der Waals surface area contributed by atoms with Crippen LogP contribution in [-0.4, -0.2) is 11.5 Å². The lowest BCUT2D eigenvalue weighted by atomic mass is 9.80. The zero-order valence-corrected chi connectivity index (χ0v) is 34.0. The fraction of sp³-hybridized carbons (Fsp3) is 0.154. The second-order valence-corrected chi connectivity index (χ2v) is 20.4. The summed E-state index contributed by atoms with van der Waals surface area (Å²) in [5.74, 6) is 2.62. The predicted octanol–water partition coefficient (Wildman–Crippen LogP) is 15.1. The Bertz CT molecular complexity index is 2540. The van der Waals surface area contributed by atoms with E-state index in [0.29, 0.717) is 0 Å². The van der Waals surface area contributed by atoms with E-state index in [1.807, 2.05) is 17.8 Å². The van der Waals surface area contributed by atoms with E-state index < -0.39 is 10.0 Å². The van der Waals surface area contributed by atoms with Crippen molar-refractivity contribution in [2.45, 2.75) is 58.6 Å². The summed E-state index contributed by atoms with van der Waals surface area (Å²) in [5, 5.41) is 0. The van der Waals surface area contributed by atoms with Crippen molar-refractivity contribution in [2.75, 3.05) is 21.3 Å². The van der Waals surface area contributed by atoms with Gasteiger partial charge in [0.05, 0.1) is 22.7 Å². The molecule has 6 aromatic rings. The highest BCUT2D eigenvalue weighted by Crippen LogP contribution is 2.74. The molecule has 10 rings (SSSR count). The summed E-state index contributed by atoms with van der Waals surface area (Å²) in [6.07, 6.45) is 11.6. The van der Waals surface area contributed by atoms with Crippen LogP contribution in [0.4, 0.5) is 28.4 Å². The number of nitrogens with zero attached hydrogens (tertiary/aromatic N) is 2. The van der Waals surface area contributed by atoms with Gasteiger partial charge in [-0.25, -0.2) is 0 Å². The second kappa shape index (κ2) is 13.7. The number of para-hydroxylation sites is 4. The first-order chi connectivity index (χ1) is 27.4. The fourth-order valence-corrected chi connectivity index (χ4v) is 15.1. The number of hydrogen-bond donors (Lipinski definition) is 0. The van der Waals surface area contributed by atoms with Gasteiger partial charge < -0.3 is 9.80 Å². The first kappa shape index (κ1) is 35.0. The zero-order chi connectivity index (χ0) is 38.0. The molecule has 1 fully saturated rings. The highest BCUT2D eigenvalue weighted by atomic mass is 32.3. The van der Waals surface area contributed by atoms with Crippen molar-refractivity contribution < 1.29 is 0 Å². The second-order valence-electron chi connectivity index (χ2n) is 15.8. The first-order valence-corrected chi connectivity index (χ1v) is 22.6. The smallest absolute Gasteiger partial charge is 0.0601 e. The Balaban J connectivity index is 0.936. The van der Waals surface area contributed by atoms with Crippen LogP contribution < -0.4 is 9.80 Å². The van der Waals surface area contributed by atoms with Crippen molar-refractivity contribution in [2.24, 2.45) is 0 Å². The minimum atomic E-state index is -0.990. The quantitative estimate of drug-likeness (QED) is 0.123. The van der Waals surface area contributed by atoms with E-state index in [2.05, 4.69) is 195 Å². The van der Waals surface area contributed by atoms with Crippen LogP contribution in [0.3, 0.4) is 0 Å². The number of allylic oxidation sites excluding steroid dienone is 4. The maximum atomic E-state index is 4.33. The monoisotopic (exact) mass is 762 g/mol. The number of rotatable bonds is 6. The van der Waals surface area contributed by atoms with Crippen LogP contribution in [-0.2, 0) is 5.41 Å². The third-order valence-electron chi connectivity index (χ3n) is 12.3. The van der Waals surface area contributed by atoms with E-state index in [4.69, 9.17) is 0 Å². The van der Waals surface area contributed by atoms with Crippen molar-refractivity contribution in [3.05, 3.63) is 192 Å². The van der Waals surface area contributed by atoms with Gasteiger partial charge in [0.15, 0.2) is 0 Å². The number of anilines is 5. The Labute approximate surface area is 337 Å². The van der Waals surface area contributed by atoms with Crippen LogP contribution in [0.15, 0.2) is 189 Å². The molecule has 0 radical (unpaired) electrons. The highest BCUT2D eigenvalue weighted by Gasteiger charge is 2.41. The fourth-order valence-electron chi connectivity index (χ4n) is 9.54. The van der Waals surface area contributed by atoms with Gasteiger partial charge in [0, 0.05) is 36.4 Å². The van der Waals surface area contributed by atoms with Gasteiger partial charge in [-0.3, -0.25) is 0 Å². The lowest BCUT2D eigenvalue weighted by Gasteiger charge is -2.47. The standard InChI is InChI=1S/C52H46N2S2/c1-5-39(53-44-16-6-10-20-48(44)55-49-21-11-7-17-45(49)53)35-42-36(2)41-31-28-38(34-43(41)52(42,3)4)25-24-37-26-29-40(30-27-37)54-46-18-8-12-22-50(46)56(32-14-15-33-56)51-23-13-9-19-47(51)54/h5-13,16-31,34-35H,1,14-15,32-33H2,2-4H3/b25-24+,39-35+. The Hall–Kier alpha value is -5.42. The Morgan fingerprint density at radius 2 is 1.20 bits per heavy atom. The molecular weight excluding hydrogens is 717 g/mol. The average Bonchev–Trinajstić information content (AvgIpc) is 3.80. The third kappa shape index (κ3) is 5.49. The maximum Gasteiger partial charge on any atom is 0.0601 e. The summed E-state index contributed by atoms with van der Waals surface area (Å²) in [5.41, 5.74) is 15.0. The maximum absolute atomic E-state index is 4.33. The molecule has 0 amide bonds. The average molecular weight is 763 g/mol. The third-order valence-corrected chi connectivity index (χ3v) is 17.8. The Morgan fingerprint density at radius 3 is 1.80 bits per heavy atom. The molecule has 1 aliphatic carbocycles. The van der Waals surface area contributed by atoms with Crippen molar-refractivity contribution in [1.82, 2.24) is 0 Å². The molecular formula is C52H46N2S2. The summed E-state index contributed by atoms with van der Waals surface area (Å²) in [7, 11) is -0.990. The van der Waals surface area contributed by atoms with Gasteiger partial charge in [-0.05, 0) is 137 Å². The molecule has 1 saturated heterocycles. The minimum absolute atomic E-state index is 0.178. The molecule has 56 heavy (non-hydrogen) atoms. The molecule has 276 valence electrons. The first-order valence-electron chi connectivity index (χ1n) is 19.8. The van der Waals surface area contributed by atoms with Crippen LogP contribution in [0.2, 0.25) is 0 Å². The van der Waals surface area contributed by atoms with Crippen molar-refractivity contribution in [1.29, 1.82) is 0 Å². The molecule has 0 N–H and O–H groups in total. The summed E-state index contributed by atoms with van der Waals surface area (Å²) >= 11 is 1.83. The summed E-state index contributed by atoms with van der Waals surface area (Å²) < 4.78 is 0. The zero-order valence-electron chi connectivity index (χ0n) is 32.3. The normalized spacial score (nSPS) is 18.0. The lowest BCUT2D eigenvalue weighted by Crippen LogP contribution is -2.21. The van der Waals surface area contributed by atoms with Crippen LogP contribution in [0.25, 0.3) is 17.7 Å². The van der Waals surface area contributed by atoms with E-state index >= 15 is 0 Å². The molecule has 3 aliphatic heterocycles. The largest absolute Gasteiger partial charge is 0.308 e. The molecule has 1 spiro atoms. The molecule has 6 aromatic carbocycles. The minimum Gasteiger partial charge on any atom is -0.308 e. The lowest BCUT2D eigenvalue weighted by molar-refractivity contribution is 0.653. The van der Waals surface area contributed by atoms with Crippen LogP contribution in [0, 0.1) is 0 Å².